The van der Waals surface area contributed by atoms with E-state index in [9.17, 15) is 14.4 Å². The molecule has 1 fully saturated rings. The second-order valence-electron chi connectivity index (χ2n) is 10.8. The Bertz CT molecular complexity index is 1540. The molecule has 2 unspecified atom stereocenters. The van der Waals surface area contributed by atoms with Crippen molar-refractivity contribution in [2.75, 3.05) is 21.7 Å². The molecule has 204 valence electrons. The maximum atomic E-state index is 13.3. The van der Waals surface area contributed by atoms with Crippen LogP contribution in [0.25, 0.3) is 11.3 Å². The van der Waals surface area contributed by atoms with Crippen LogP contribution in [0, 0.1) is 0 Å². The Morgan fingerprint density at radius 1 is 1.18 bits per heavy atom. The Morgan fingerprint density at radius 2 is 1.92 bits per heavy atom. The summed E-state index contributed by atoms with van der Waals surface area (Å²) in [6.45, 7) is 8.91. The number of hydrogen-bond donors (Lipinski definition) is 2. The van der Waals surface area contributed by atoms with Gasteiger partial charge in [0.25, 0.3) is 5.56 Å². The van der Waals surface area contributed by atoms with Crippen LogP contribution in [0.4, 0.5) is 17.5 Å². The molecule has 12 nitrogen and oxygen atoms in total. The van der Waals surface area contributed by atoms with Crippen molar-refractivity contribution in [2.24, 2.45) is 7.05 Å². The van der Waals surface area contributed by atoms with E-state index in [1.165, 1.54) is 13.2 Å². The van der Waals surface area contributed by atoms with Gasteiger partial charge in [0.05, 0.1) is 23.8 Å². The monoisotopic (exact) mass is 531 g/mol. The maximum Gasteiger partial charge on any atom is 0.328 e. The Kier molecular flexibility index (Phi) is 6.79. The third kappa shape index (κ3) is 4.93. The summed E-state index contributed by atoms with van der Waals surface area (Å²) >= 11 is 0. The summed E-state index contributed by atoms with van der Waals surface area (Å²) in [4.78, 5) is 63.1. The van der Waals surface area contributed by atoms with Crippen molar-refractivity contribution in [1.29, 1.82) is 0 Å². The van der Waals surface area contributed by atoms with E-state index >= 15 is 0 Å². The van der Waals surface area contributed by atoms with Crippen molar-refractivity contribution >= 4 is 23.4 Å². The van der Waals surface area contributed by atoms with Gasteiger partial charge in [-0.1, -0.05) is 13.0 Å². The number of rotatable bonds is 5. The topological polar surface area (TPSA) is 142 Å². The summed E-state index contributed by atoms with van der Waals surface area (Å²) in [7, 11) is 1.41. The lowest BCUT2D eigenvalue weighted by Crippen LogP contribution is -2.45. The van der Waals surface area contributed by atoms with Crippen LogP contribution in [0.1, 0.15) is 58.6 Å². The zero-order valence-corrected chi connectivity index (χ0v) is 22.8. The molecular formula is C27H33N9O3. The first-order valence-corrected chi connectivity index (χ1v) is 13.1. The van der Waals surface area contributed by atoms with Gasteiger partial charge in [0, 0.05) is 49.2 Å². The molecule has 39 heavy (non-hydrogen) atoms. The molecule has 0 spiro atoms. The number of allylic oxidation sites excluding steroid dienone is 1. The van der Waals surface area contributed by atoms with Crippen LogP contribution >= 0.6 is 0 Å². The second kappa shape index (κ2) is 10.1. The van der Waals surface area contributed by atoms with Crippen LogP contribution < -0.4 is 26.4 Å². The molecular weight excluding hydrogens is 498 g/mol. The lowest BCUT2D eigenvalue weighted by Gasteiger charge is -2.31. The molecule has 0 aliphatic carbocycles. The maximum absolute atomic E-state index is 13.3. The molecule has 12 heteroatoms. The molecule has 0 bridgehead atoms. The van der Waals surface area contributed by atoms with Crippen molar-refractivity contribution < 1.29 is 4.79 Å². The molecule has 3 aromatic rings. The number of amides is 1. The van der Waals surface area contributed by atoms with Gasteiger partial charge in [-0.05, 0) is 40.0 Å². The molecule has 2 aliphatic rings. The van der Waals surface area contributed by atoms with Crippen LogP contribution in [0.5, 0.6) is 0 Å². The van der Waals surface area contributed by atoms with Gasteiger partial charge in [0.2, 0.25) is 11.9 Å². The molecule has 2 N–H and O–H groups in total. The highest BCUT2D eigenvalue weighted by molar-refractivity contribution is 5.96. The quantitative estimate of drug-likeness (QED) is 0.508. The van der Waals surface area contributed by atoms with Crippen molar-refractivity contribution in [3.05, 3.63) is 63.6 Å². The third-order valence-corrected chi connectivity index (χ3v) is 7.57. The number of aromatic nitrogens is 6. The second-order valence-corrected chi connectivity index (χ2v) is 10.8. The first kappa shape index (κ1) is 26.3. The van der Waals surface area contributed by atoms with Crippen molar-refractivity contribution in [2.45, 2.75) is 64.5 Å². The van der Waals surface area contributed by atoms with Crippen LogP contribution in [0.15, 0.2) is 46.7 Å². The van der Waals surface area contributed by atoms with Crippen LogP contribution in [0.2, 0.25) is 0 Å². The number of H-pyrrole nitrogens is 1. The largest absolute Gasteiger partial charge is 0.336 e. The Labute approximate surface area is 225 Å². The van der Waals surface area contributed by atoms with Crippen molar-refractivity contribution in [1.82, 2.24) is 29.5 Å². The van der Waals surface area contributed by atoms with E-state index in [0.717, 1.165) is 24.0 Å². The van der Waals surface area contributed by atoms with Gasteiger partial charge in [-0.2, -0.15) is 0 Å². The highest BCUT2D eigenvalue weighted by Crippen LogP contribution is 2.32. The normalized spacial score (nSPS) is 18.9. The predicted molar refractivity (Wildman–Crippen MR) is 149 cm³/mol. The Hall–Kier alpha value is -4.35. The fraction of sp³-hybridized carbons (Fsp3) is 0.444. The zero-order valence-electron chi connectivity index (χ0n) is 22.8. The van der Waals surface area contributed by atoms with E-state index in [4.69, 9.17) is 0 Å². The van der Waals surface area contributed by atoms with Crippen LogP contribution in [-0.2, 0) is 11.8 Å². The number of nitrogens with one attached hydrogen (secondary N) is 2. The van der Waals surface area contributed by atoms with Crippen LogP contribution in [0.3, 0.4) is 0 Å². The first-order chi connectivity index (χ1) is 18.6. The average molecular weight is 532 g/mol. The number of fused-ring (bicyclic) bond motifs is 1. The van der Waals surface area contributed by atoms with E-state index in [0.29, 0.717) is 29.3 Å². The fourth-order valence-corrected chi connectivity index (χ4v) is 5.12. The van der Waals surface area contributed by atoms with Gasteiger partial charge >= 0.3 is 5.69 Å². The van der Waals surface area contributed by atoms with E-state index in [1.807, 2.05) is 13.0 Å². The highest BCUT2D eigenvalue weighted by atomic mass is 16.2. The molecule has 2 aliphatic heterocycles. The third-order valence-electron chi connectivity index (χ3n) is 7.57. The average Bonchev–Trinajstić information content (AvgIpc) is 3.19. The minimum absolute atomic E-state index is 0.0167. The van der Waals surface area contributed by atoms with Gasteiger partial charge < -0.3 is 20.1 Å². The summed E-state index contributed by atoms with van der Waals surface area (Å²) in [5.74, 6) is 0.462. The summed E-state index contributed by atoms with van der Waals surface area (Å²) in [6, 6.07) is -0.777. The number of hydrogen-bond acceptors (Lipinski definition) is 9. The molecule has 1 saturated heterocycles. The van der Waals surface area contributed by atoms with Gasteiger partial charge in [0.1, 0.15) is 11.7 Å². The number of carbonyl (C=O) groups is 1. The lowest BCUT2D eigenvalue weighted by atomic mass is 10.0. The standard InChI is InChI=1S/C27H33N9O3/c1-16-8-6-10-35(22-21(16)33-26(39)34(5)24(22)38)17(2)23(37)32-20-15-28-14-19(31-20)18-12-29-25(30-13-18)36-11-7-9-27(36,3)4/h6,10,12-17H,7-9,11H2,1-5H3,(H,33,39)(H,31,32,37). The summed E-state index contributed by atoms with van der Waals surface area (Å²) in [5.41, 5.74) is 1.05. The first-order valence-electron chi connectivity index (χ1n) is 13.1. The smallest absolute Gasteiger partial charge is 0.328 e. The van der Waals surface area contributed by atoms with Crippen molar-refractivity contribution in [3.8, 4) is 11.3 Å². The summed E-state index contributed by atoms with van der Waals surface area (Å²) in [5, 5.41) is 2.81. The number of aromatic amines is 1. The Morgan fingerprint density at radius 3 is 2.62 bits per heavy atom. The predicted octanol–water partition coefficient (Wildman–Crippen LogP) is 2.55. The molecule has 3 aromatic heterocycles. The minimum atomic E-state index is -0.777. The molecule has 5 rings (SSSR count). The van der Waals surface area contributed by atoms with E-state index < -0.39 is 17.3 Å². The molecule has 0 radical (unpaired) electrons. The van der Waals surface area contributed by atoms with Crippen LogP contribution in [-0.4, -0.2) is 53.5 Å². The van der Waals surface area contributed by atoms with Gasteiger partial charge in [-0.15, -0.1) is 0 Å². The molecule has 0 aromatic carbocycles. The highest BCUT2D eigenvalue weighted by Gasteiger charge is 2.33. The number of anilines is 3. The summed E-state index contributed by atoms with van der Waals surface area (Å²) in [6.07, 6.45) is 12.9. The number of nitrogens with zero attached hydrogens (tertiary/aromatic N) is 7. The van der Waals surface area contributed by atoms with E-state index in [2.05, 4.69) is 49.0 Å². The SMILES string of the molecule is CC1CC=CN(C(C)C(=O)Nc2cncc(-c3cnc(N4CCCC4(C)C)nc3)n2)c2c1[nH]c(=O)n(C)c2=O. The lowest BCUT2D eigenvalue weighted by molar-refractivity contribution is -0.117. The Balaban J connectivity index is 1.36. The minimum Gasteiger partial charge on any atom is -0.336 e. The number of carbonyl (C=O) groups excluding carboxylic acids is 1. The molecule has 5 heterocycles. The van der Waals surface area contributed by atoms with Gasteiger partial charge in [-0.25, -0.2) is 19.7 Å². The fourth-order valence-electron chi connectivity index (χ4n) is 5.12. The molecule has 2 atom stereocenters. The van der Waals surface area contributed by atoms with Gasteiger partial charge in [0.15, 0.2) is 5.82 Å². The zero-order chi connectivity index (χ0) is 27.9. The van der Waals surface area contributed by atoms with E-state index in [1.54, 1.807) is 36.6 Å². The molecule has 1 amide bonds. The van der Waals surface area contributed by atoms with E-state index in [-0.39, 0.29) is 28.9 Å². The van der Waals surface area contributed by atoms with Crippen molar-refractivity contribution in [3.63, 3.8) is 0 Å². The van der Waals surface area contributed by atoms with Gasteiger partial charge in [-0.3, -0.25) is 19.1 Å². The summed E-state index contributed by atoms with van der Waals surface area (Å²) < 4.78 is 1.01. The molecule has 0 saturated carbocycles.